The molecule has 0 radical (unpaired) electrons. The Morgan fingerprint density at radius 2 is 1.80 bits per heavy atom. The summed E-state index contributed by atoms with van der Waals surface area (Å²) in [5, 5.41) is 0.726. The summed E-state index contributed by atoms with van der Waals surface area (Å²) in [5.74, 6) is 1.02. The van der Waals surface area contributed by atoms with Gasteiger partial charge in [0.2, 0.25) is 0 Å². The third kappa shape index (κ3) is 5.90. The smallest absolute Gasteiger partial charge is 0.261 e. The molecule has 1 unspecified atom stereocenters. The summed E-state index contributed by atoms with van der Waals surface area (Å²) >= 11 is 6.14. The molecule has 158 valence electrons. The Labute approximate surface area is 184 Å². The molecule has 0 aliphatic rings. The van der Waals surface area contributed by atoms with Crippen LogP contribution in [0.15, 0.2) is 72.9 Å². The molecule has 3 rings (SSSR count). The standard InChI is InChI=1S/C25H29ClN2O2/c1-19(2)20(3)28(25(29)18-30-24-12-5-4-6-13-24)17-23-11-8-14-27(23)16-21-9-7-10-22(26)15-21/h4-15,19-20H,16-18H2,1-3H3. The van der Waals surface area contributed by atoms with Crippen LogP contribution in [0.2, 0.25) is 5.02 Å². The van der Waals surface area contributed by atoms with Crippen molar-refractivity contribution in [2.45, 2.75) is 39.9 Å². The zero-order valence-corrected chi connectivity index (χ0v) is 18.5. The first-order valence-corrected chi connectivity index (χ1v) is 10.7. The molecule has 0 fully saturated rings. The van der Waals surface area contributed by atoms with E-state index in [0.29, 0.717) is 24.8 Å². The Morgan fingerprint density at radius 1 is 1.03 bits per heavy atom. The quantitative estimate of drug-likeness (QED) is 0.445. The largest absolute Gasteiger partial charge is 0.484 e. The zero-order valence-electron chi connectivity index (χ0n) is 17.8. The lowest BCUT2D eigenvalue weighted by atomic mass is 10.0. The lowest BCUT2D eigenvalue weighted by molar-refractivity contribution is -0.137. The molecule has 3 aromatic rings. The molecule has 1 heterocycles. The predicted molar refractivity (Wildman–Crippen MR) is 122 cm³/mol. The number of hydrogen-bond acceptors (Lipinski definition) is 2. The fourth-order valence-electron chi connectivity index (χ4n) is 3.32. The average Bonchev–Trinajstić information content (AvgIpc) is 3.17. The van der Waals surface area contributed by atoms with Crippen molar-refractivity contribution in [2.75, 3.05) is 6.61 Å². The number of rotatable bonds is 9. The van der Waals surface area contributed by atoms with Gasteiger partial charge in [-0.3, -0.25) is 4.79 Å². The van der Waals surface area contributed by atoms with Crippen molar-refractivity contribution < 1.29 is 9.53 Å². The summed E-state index contributed by atoms with van der Waals surface area (Å²) in [7, 11) is 0. The summed E-state index contributed by atoms with van der Waals surface area (Å²) in [6.45, 7) is 7.62. The van der Waals surface area contributed by atoms with Crippen LogP contribution < -0.4 is 4.74 Å². The van der Waals surface area contributed by atoms with Crippen molar-refractivity contribution in [3.8, 4) is 5.75 Å². The van der Waals surface area contributed by atoms with Crippen molar-refractivity contribution in [1.29, 1.82) is 0 Å². The molecule has 0 N–H and O–H groups in total. The fourth-order valence-corrected chi connectivity index (χ4v) is 3.53. The van der Waals surface area contributed by atoms with Gasteiger partial charge in [0, 0.05) is 29.5 Å². The number of carbonyl (C=O) groups excluding carboxylic acids is 1. The summed E-state index contributed by atoms with van der Waals surface area (Å²) < 4.78 is 7.89. The van der Waals surface area contributed by atoms with Gasteiger partial charge >= 0.3 is 0 Å². The lowest BCUT2D eigenvalue weighted by Crippen LogP contribution is -2.43. The molecule has 0 saturated carbocycles. The maximum Gasteiger partial charge on any atom is 0.261 e. The van der Waals surface area contributed by atoms with Crippen molar-refractivity contribution in [2.24, 2.45) is 5.92 Å². The molecule has 1 aromatic heterocycles. The number of nitrogens with zero attached hydrogens (tertiary/aromatic N) is 2. The fraction of sp³-hybridized carbons (Fsp3) is 0.320. The van der Waals surface area contributed by atoms with Gasteiger partial charge in [-0.25, -0.2) is 0 Å². The van der Waals surface area contributed by atoms with Gasteiger partial charge in [0.15, 0.2) is 6.61 Å². The van der Waals surface area contributed by atoms with Crippen LogP contribution in [0.3, 0.4) is 0 Å². The van der Waals surface area contributed by atoms with Crippen LogP contribution in [0.4, 0.5) is 0 Å². The number of hydrogen-bond donors (Lipinski definition) is 0. The molecule has 0 bridgehead atoms. The minimum atomic E-state index is -0.0180. The Morgan fingerprint density at radius 3 is 2.50 bits per heavy atom. The highest BCUT2D eigenvalue weighted by molar-refractivity contribution is 6.30. The van der Waals surface area contributed by atoms with E-state index in [9.17, 15) is 4.79 Å². The third-order valence-electron chi connectivity index (χ3n) is 5.38. The molecule has 1 atom stereocenters. The van der Waals surface area contributed by atoms with Gasteiger partial charge in [-0.1, -0.05) is 55.8 Å². The number of ether oxygens (including phenoxy) is 1. The Kier molecular flexibility index (Phi) is 7.58. The summed E-state index contributed by atoms with van der Waals surface area (Å²) in [6, 6.07) is 21.5. The minimum Gasteiger partial charge on any atom is -0.484 e. The second-order valence-electron chi connectivity index (χ2n) is 7.87. The van der Waals surface area contributed by atoms with E-state index >= 15 is 0 Å². The van der Waals surface area contributed by atoms with Crippen LogP contribution in [-0.4, -0.2) is 28.0 Å². The van der Waals surface area contributed by atoms with Crippen molar-refractivity contribution >= 4 is 17.5 Å². The number of halogens is 1. The first-order chi connectivity index (χ1) is 14.4. The van der Waals surface area contributed by atoms with Gasteiger partial charge in [0.1, 0.15) is 5.75 Å². The van der Waals surface area contributed by atoms with Gasteiger partial charge in [-0.05, 0) is 54.8 Å². The first-order valence-electron chi connectivity index (χ1n) is 10.3. The van der Waals surface area contributed by atoms with Gasteiger partial charge in [0.05, 0.1) is 6.54 Å². The van der Waals surface area contributed by atoms with E-state index in [4.69, 9.17) is 16.3 Å². The number of amides is 1. The normalized spacial score (nSPS) is 12.0. The van der Waals surface area contributed by atoms with Crippen molar-refractivity contribution in [1.82, 2.24) is 9.47 Å². The number of carbonyl (C=O) groups is 1. The second-order valence-corrected chi connectivity index (χ2v) is 8.30. The molecule has 4 nitrogen and oxygen atoms in total. The Hall–Kier alpha value is -2.72. The highest BCUT2D eigenvalue weighted by atomic mass is 35.5. The van der Waals surface area contributed by atoms with E-state index in [2.05, 4.69) is 37.5 Å². The molecule has 0 saturated heterocycles. The molecule has 0 aliphatic heterocycles. The minimum absolute atomic E-state index is 0.0180. The van der Waals surface area contributed by atoms with E-state index in [0.717, 1.165) is 16.3 Å². The van der Waals surface area contributed by atoms with Crippen molar-refractivity contribution in [3.63, 3.8) is 0 Å². The lowest BCUT2D eigenvalue weighted by Gasteiger charge is -2.32. The average molecular weight is 425 g/mol. The van der Waals surface area contributed by atoms with E-state index in [1.165, 1.54) is 0 Å². The van der Waals surface area contributed by atoms with E-state index in [-0.39, 0.29) is 18.6 Å². The summed E-state index contributed by atoms with van der Waals surface area (Å²) in [5.41, 5.74) is 2.21. The van der Waals surface area contributed by atoms with E-state index in [1.54, 1.807) is 0 Å². The molecular formula is C25H29ClN2O2. The highest BCUT2D eigenvalue weighted by Crippen LogP contribution is 2.18. The maximum absolute atomic E-state index is 13.1. The number of para-hydroxylation sites is 1. The predicted octanol–water partition coefficient (Wildman–Crippen LogP) is 5.64. The monoisotopic (exact) mass is 424 g/mol. The van der Waals surface area contributed by atoms with Gasteiger partial charge in [-0.15, -0.1) is 0 Å². The van der Waals surface area contributed by atoms with Crippen LogP contribution in [0, 0.1) is 5.92 Å². The van der Waals surface area contributed by atoms with Gasteiger partial charge < -0.3 is 14.2 Å². The molecule has 0 aliphatic carbocycles. The number of aromatic nitrogens is 1. The van der Waals surface area contributed by atoms with Crippen molar-refractivity contribution in [3.05, 3.63) is 89.2 Å². The maximum atomic E-state index is 13.1. The van der Waals surface area contributed by atoms with Crippen LogP contribution in [0.1, 0.15) is 32.0 Å². The van der Waals surface area contributed by atoms with Gasteiger partial charge in [0.25, 0.3) is 5.91 Å². The van der Waals surface area contributed by atoms with Crippen LogP contribution in [0.25, 0.3) is 0 Å². The van der Waals surface area contributed by atoms with Crippen LogP contribution >= 0.6 is 11.6 Å². The number of benzene rings is 2. The zero-order chi connectivity index (χ0) is 21.5. The van der Waals surface area contributed by atoms with Crippen LogP contribution in [0.5, 0.6) is 5.75 Å². The third-order valence-corrected chi connectivity index (χ3v) is 5.62. The molecule has 1 amide bonds. The van der Waals surface area contributed by atoms with E-state index in [1.807, 2.05) is 65.7 Å². The summed E-state index contributed by atoms with van der Waals surface area (Å²) in [6.07, 6.45) is 2.04. The first kappa shape index (κ1) is 22.0. The molecule has 2 aromatic carbocycles. The second kappa shape index (κ2) is 10.4. The molecular weight excluding hydrogens is 396 g/mol. The Bertz CT molecular complexity index is 953. The van der Waals surface area contributed by atoms with Gasteiger partial charge in [-0.2, -0.15) is 0 Å². The molecule has 0 spiro atoms. The highest BCUT2D eigenvalue weighted by Gasteiger charge is 2.24. The van der Waals surface area contributed by atoms with E-state index < -0.39 is 0 Å². The topological polar surface area (TPSA) is 34.5 Å². The SMILES string of the molecule is CC(C)C(C)N(Cc1cccn1Cc1cccc(Cl)c1)C(=O)COc1ccccc1. The molecule has 30 heavy (non-hydrogen) atoms. The summed E-state index contributed by atoms with van der Waals surface area (Å²) in [4.78, 5) is 15.0. The molecule has 5 heteroatoms. The Balaban J connectivity index is 1.74. The van der Waals surface area contributed by atoms with Crippen LogP contribution in [-0.2, 0) is 17.9 Å².